The molecule has 1 fully saturated rings. The van der Waals surface area contributed by atoms with Crippen LogP contribution in [-0.2, 0) is 0 Å². The Balaban J connectivity index is 2.53. The lowest BCUT2D eigenvalue weighted by Gasteiger charge is -2.41. The van der Waals surface area contributed by atoms with Crippen molar-refractivity contribution in [3.63, 3.8) is 0 Å². The molecule has 12 heavy (non-hydrogen) atoms. The molecular weight excluding hydrogens is 146 g/mol. The van der Waals surface area contributed by atoms with Gasteiger partial charge in [-0.25, -0.2) is 0 Å². The first-order valence-electron chi connectivity index (χ1n) is 5.43. The minimum absolute atomic E-state index is 0.626. The summed E-state index contributed by atoms with van der Waals surface area (Å²) in [5, 5.41) is 3.51. The monoisotopic (exact) mass is 169 g/mol. The second-order valence-corrected chi connectivity index (χ2v) is 4.45. The van der Waals surface area contributed by atoms with Crippen LogP contribution >= 0.6 is 0 Å². The van der Waals surface area contributed by atoms with E-state index in [9.17, 15) is 0 Å². The van der Waals surface area contributed by atoms with Crippen LogP contribution < -0.4 is 5.32 Å². The highest BCUT2D eigenvalue weighted by molar-refractivity contribution is 4.86. The van der Waals surface area contributed by atoms with Crippen LogP contribution in [0.2, 0.25) is 0 Å². The maximum atomic E-state index is 3.51. The van der Waals surface area contributed by atoms with Crippen molar-refractivity contribution in [2.24, 2.45) is 11.3 Å². The van der Waals surface area contributed by atoms with Gasteiger partial charge in [-0.05, 0) is 37.3 Å². The van der Waals surface area contributed by atoms with Gasteiger partial charge in [0.05, 0.1) is 0 Å². The van der Waals surface area contributed by atoms with E-state index in [-0.39, 0.29) is 0 Å². The van der Waals surface area contributed by atoms with Crippen molar-refractivity contribution < 1.29 is 0 Å². The molecule has 0 saturated carbocycles. The highest BCUT2D eigenvalue weighted by Crippen LogP contribution is 2.38. The summed E-state index contributed by atoms with van der Waals surface area (Å²) < 4.78 is 0. The van der Waals surface area contributed by atoms with Gasteiger partial charge in [0.1, 0.15) is 0 Å². The SMILES string of the molecule is CCCC1CNCCC1(C)CC. The average molecular weight is 169 g/mol. The van der Waals surface area contributed by atoms with E-state index in [0.717, 1.165) is 5.92 Å². The lowest BCUT2D eigenvalue weighted by molar-refractivity contribution is 0.115. The van der Waals surface area contributed by atoms with Crippen LogP contribution in [0.25, 0.3) is 0 Å². The Kier molecular flexibility index (Phi) is 3.57. The molecule has 2 unspecified atom stereocenters. The second kappa shape index (κ2) is 4.27. The number of nitrogens with one attached hydrogen (secondary N) is 1. The fourth-order valence-electron chi connectivity index (χ4n) is 2.37. The Labute approximate surface area is 76.9 Å². The molecule has 72 valence electrons. The molecule has 1 aliphatic heterocycles. The van der Waals surface area contributed by atoms with E-state index in [4.69, 9.17) is 0 Å². The third-order valence-electron chi connectivity index (χ3n) is 3.69. The van der Waals surface area contributed by atoms with Gasteiger partial charge in [0.2, 0.25) is 0 Å². The standard InChI is InChI=1S/C11H23N/c1-4-6-10-9-12-8-7-11(10,3)5-2/h10,12H,4-9H2,1-3H3. The first kappa shape index (κ1) is 10.0. The van der Waals surface area contributed by atoms with E-state index in [0.29, 0.717) is 5.41 Å². The zero-order chi connectivity index (χ0) is 9.03. The van der Waals surface area contributed by atoms with Gasteiger partial charge >= 0.3 is 0 Å². The molecule has 1 aliphatic rings. The van der Waals surface area contributed by atoms with Gasteiger partial charge in [-0.1, -0.05) is 33.6 Å². The maximum Gasteiger partial charge on any atom is -0.00153 e. The van der Waals surface area contributed by atoms with Crippen molar-refractivity contribution in [3.05, 3.63) is 0 Å². The summed E-state index contributed by atoms with van der Waals surface area (Å²) in [5.74, 6) is 0.918. The molecule has 0 spiro atoms. The third kappa shape index (κ3) is 2.01. The van der Waals surface area contributed by atoms with Gasteiger partial charge in [-0.15, -0.1) is 0 Å². The molecule has 1 saturated heterocycles. The lowest BCUT2D eigenvalue weighted by Crippen LogP contribution is -2.43. The van der Waals surface area contributed by atoms with E-state index in [2.05, 4.69) is 26.1 Å². The Hall–Kier alpha value is -0.0400. The Morgan fingerprint density at radius 2 is 2.17 bits per heavy atom. The van der Waals surface area contributed by atoms with Gasteiger partial charge in [-0.3, -0.25) is 0 Å². The molecule has 1 nitrogen and oxygen atoms in total. The normalized spacial score (nSPS) is 36.8. The van der Waals surface area contributed by atoms with Crippen molar-refractivity contribution in [2.75, 3.05) is 13.1 Å². The van der Waals surface area contributed by atoms with Crippen LogP contribution in [0, 0.1) is 11.3 Å². The summed E-state index contributed by atoms with van der Waals surface area (Å²) in [4.78, 5) is 0. The van der Waals surface area contributed by atoms with Crippen LogP contribution in [0.5, 0.6) is 0 Å². The number of hydrogen-bond donors (Lipinski definition) is 1. The summed E-state index contributed by atoms with van der Waals surface area (Å²) >= 11 is 0. The van der Waals surface area contributed by atoms with Crippen LogP contribution in [0.15, 0.2) is 0 Å². The van der Waals surface area contributed by atoms with Crippen molar-refractivity contribution in [2.45, 2.75) is 46.5 Å². The van der Waals surface area contributed by atoms with Gasteiger partial charge in [0, 0.05) is 0 Å². The summed E-state index contributed by atoms with van der Waals surface area (Å²) in [6, 6.07) is 0. The third-order valence-corrected chi connectivity index (χ3v) is 3.69. The van der Waals surface area contributed by atoms with Crippen LogP contribution in [0.3, 0.4) is 0 Å². The van der Waals surface area contributed by atoms with E-state index in [1.54, 1.807) is 0 Å². The van der Waals surface area contributed by atoms with Crippen molar-refractivity contribution in [1.29, 1.82) is 0 Å². The lowest BCUT2D eigenvalue weighted by atomic mass is 9.69. The smallest absolute Gasteiger partial charge is 0.00153 e. The molecule has 0 aromatic carbocycles. The van der Waals surface area contributed by atoms with Gasteiger partial charge < -0.3 is 5.32 Å². The molecule has 2 atom stereocenters. The first-order chi connectivity index (χ1) is 5.73. The fourth-order valence-corrected chi connectivity index (χ4v) is 2.37. The molecule has 0 radical (unpaired) electrons. The van der Waals surface area contributed by atoms with E-state index >= 15 is 0 Å². The zero-order valence-electron chi connectivity index (χ0n) is 8.82. The van der Waals surface area contributed by atoms with Gasteiger partial charge in [0.25, 0.3) is 0 Å². The summed E-state index contributed by atoms with van der Waals surface area (Å²) in [6.45, 7) is 9.58. The van der Waals surface area contributed by atoms with E-state index < -0.39 is 0 Å². The highest BCUT2D eigenvalue weighted by atomic mass is 14.9. The predicted octanol–water partition coefficient (Wildman–Crippen LogP) is 2.81. The van der Waals surface area contributed by atoms with Crippen molar-refractivity contribution in [1.82, 2.24) is 5.32 Å². The minimum atomic E-state index is 0.626. The molecule has 0 aromatic heterocycles. The average Bonchev–Trinajstić information content (AvgIpc) is 2.10. The quantitative estimate of drug-likeness (QED) is 0.685. The van der Waals surface area contributed by atoms with E-state index in [1.165, 1.54) is 38.8 Å². The molecule has 0 bridgehead atoms. The molecule has 1 N–H and O–H groups in total. The summed E-state index contributed by atoms with van der Waals surface area (Å²) in [7, 11) is 0. The topological polar surface area (TPSA) is 12.0 Å². The molecule has 1 heterocycles. The maximum absolute atomic E-state index is 3.51. The number of hydrogen-bond acceptors (Lipinski definition) is 1. The highest BCUT2D eigenvalue weighted by Gasteiger charge is 2.33. The minimum Gasteiger partial charge on any atom is -0.316 e. The summed E-state index contributed by atoms with van der Waals surface area (Å²) in [6.07, 6.45) is 5.45. The molecule has 1 rings (SSSR count). The molecule has 0 aliphatic carbocycles. The predicted molar refractivity (Wildman–Crippen MR) is 54.3 cm³/mol. The van der Waals surface area contributed by atoms with Crippen molar-refractivity contribution >= 4 is 0 Å². The van der Waals surface area contributed by atoms with Gasteiger partial charge in [-0.2, -0.15) is 0 Å². The summed E-state index contributed by atoms with van der Waals surface area (Å²) in [5.41, 5.74) is 0.626. The molecule has 0 aromatic rings. The molecule has 1 heteroatoms. The van der Waals surface area contributed by atoms with Gasteiger partial charge in [0.15, 0.2) is 0 Å². The first-order valence-corrected chi connectivity index (χ1v) is 5.43. The number of rotatable bonds is 3. The zero-order valence-corrected chi connectivity index (χ0v) is 8.82. The van der Waals surface area contributed by atoms with E-state index in [1.807, 2.05) is 0 Å². The van der Waals surface area contributed by atoms with Crippen LogP contribution in [0.4, 0.5) is 0 Å². The Bertz CT molecular complexity index is 131. The molecule has 0 amide bonds. The van der Waals surface area contributed by atoms with Crippen LogP contribution in [0.1, 0.15) is 46.5 Å². The number of piperidine rings is 1. The Morgan fingerprint density at radius 1 is 1.42 bits per heavy atom. The Morgan fingerprint density at radius 3 is 2.75 bits per heavy atom. The van der Waals surface area contributed by atoms with Crippen molar-refractivity contribution in [3.8, 4) is 0 Å². The van der Waals surface area contributed by atoms with Crippen LogP contribution in [-0.4, -0.2) is 13.1 Å². The largest absolute Gasteiger partial charge is 0.316 e. The molecular formula is C11H23N. The fraction of sp³-hybridized carbons (Fsp3) is 1.00. The second-order valence-electron chi connectivity index (χ2n) is 4.45.